The summed E-state index contributed by atoms with van der Waals surface area (Å²) in [4.78, 5) is 6.66. The molecule has 2 aliphatic rings. The van der Waals surface area contributed by atoms with Gasteiger partial charge in [-0.1, -0.05) is 13.8 Å². The van der Waals surface area contributed by atoms with Gasteiger partial charge in [0.25, 0.3) is 0 Å². The molecule has 1 fully saturated rings. The maximum Gasteiger partial charge on any atom is 0.181 e. The number of nitrogens with one attached hydrogen (secondary N) is 1. The Morgan fingerprint density at radius 2 is 2.15 bits per heavy atom. The predicted octanol–water partition coefficient (Wildman–Crippen LogP) is 2.54. The molecule has 4 nitrogen and oxygen atoms in total. The van der Waals surface area contributed by atoms with E-state index in [1.807, 2.05) is 6.20 Å². The van der Waals surface area contributed by atoms with Gasteiger partial charge in [0.05, 0.1) is 6.20 Å². The highest BCUT2D eigenvalue weighted by Crippen LogP contribution is 2.43. The average Bonchev–Trinajstić information content (AvgIpc) is 2.96. The number of hydrogen-bond acceptors (Lipinski definition) is 4. The van der Waals surface area contributed by atoms with Crippen LogP contribution in [0.2, 0.25) is 0 Å². The molecule has 4 heteroatoms. The number of piperazine rings is 1. The van der Waals surface area contributed by atoms with Crippen molar-refractivity contribution in [1.29, 1.82) is 0 Å². The summed E-state index contributed by atoms with van der Waals surface area (Å²) in [5.74, 6) is 0.975. The van der Waals surface area contributed by atoms with Crippen LogP contribution >= 0.6 is 0 Å². The van der Waals surface area contributed by atoms with Gasteiger partial charge in [0.15, 0.2) is 6.39 Å². The van der Waals surface area contributed by atoms with Crippen molar-refractivity contribution in [2.24, 2.45) is 5.41 Å². The zero-order valence-corrected chi connectivity index (χ0v) is 12.6. The molecule has 1 aromatic heterocycles. The van der Waals surface area contributed by atoms with E-state index < -0.39 is 0 Å². The lowest BCUT2D eigenvalue weighted by Crippen LogP contribution is -2.44. The zero-order chi connectivity index (χ0) is 14.0. The maximum atomic E-state index is 5.59. The van der Waals surface area contributed by atoms with E-state index in [0.717, 1.165) is 44.9 Å². The van der Waals surface area contributed by atoms with Crippen LogP contribution in [0.5, 0.6) is 0 Å². The molecule has 3 rings (SSSR count). The Morgan fingerprint density at radius 3 is 2.85 bits per heavy atom. The van der Waals surface area contributed by atoms with E-state index in [1.54, 1.807) is 12.0 Å². The van der Waals surface area contributed by atoms with Crippen molar-refractivity contribution >= 4 is 5.57 Å². The van der Waals surface area contributed by atoms with E-state index in [2.05, 4.69) is 29.0 Å². The number of rotatable bonds is 3. The third-order valence-corrected chi connectivity index (χ3v) is 4.54. The number of aromatic nitrogens is 1. The molecule has 20 heavy (non-hydrogen) atoms. The molecular formula is C16H25N3O. The van der Waals surface area contributed by atoms with Crippen LogP contribution in [0, 0.1) is 5.41 Å². The van der Waals surface area contributed by atoms with Crippen LogP contribution in [-0.4, -0.2) is 42.6 Å². The van der Waals surface area contributed by atoms with Crippen molar-refractivity contribution < 1.29 is 4.42 Å². The van der Waals surface area contributed by atoms with Gasteiger partial charge in [-0.25, -0.2) is 4.98 Å². The van der Waals surface area contributed by atoms with Crippen LogP contribution in [-0.2, 0) is 0 Å². The first-order chi connectivity index (χ1) is 9.64. The van der Waals surface area contributed by atoms with Gasteiger partial charge in [-0.15, -0.1) is 0 Å². The molecule has 1 aromatic rings. The summed E-state index contributed by atoms with van der Waals surface area (Å²) in [5.41, 5.74) is 3.33. The minimum atomic E-state index is 0.370. The normalized spacial score (nSPS) is 24.1. The second-order valence-corrected chi connectivity index (χ2v) is 6.81. The first-order valence-corrected chi connectivity index (χ1v) is 7.67. The fraction of sp³-hybridized carbons (Fsp3) is 0.688. The molecule has 1 aliphatic heterocycles. The number of hydrogen-bond donors (Lipinski definition) is 1. The van der Waals surface area contributed by atoms with E-state index in [0.29, 0.717) is 5.41 Å². The number of nitrogens with zero attached hydrogens (tertiary/aromatic N) is 2. The van der Waals surface area contributed by atoms with Crippen LogP contribution in [0.1, 0.15) is 38.9 Å². The molecule has 0 spiro atoms. The van der Waals surface area contributed by atoms with Gasteiger partial charge in [0.2, 0.25) is 0 Å². The van der Waals surface area contributed by atoms with E-state index >= 15 is 0 Å². The lowest BCUT2D eigenvalue weighted by Gasteiger charge is -2.35. The third-order valence-electron chi connectivity index (χ3n) is 4.54. The number of oxazole rings is 1. The summed E-state index contributed by atoms with van der Waals surface area (Å²) in [6, 6.07) is 0. The van der Waals surface area contributed by atoms with Gasteiger partial charge in [0, 0.05) is 32.7 Å². The Labute approximate surface area is 121 Å². The first kappa shape index (κ1) is 13.8. The Morgan fingerprint density at radius 1 is 1.35 bits per heavy atom. The average molecular weight is 275 g/mol. The molecule has 110 valence electrons. The van der Waals surface area contributed by atoms with Gasteiger partial charge < -0.3 is 9.73 Å². The lowest BCUT2D eigenvalue weighted by molar-refractivity contribution is 0.248. The summed E-state index contributed by atoms with van der Waals surface area (Å²) in [6.07, 6.45) is 6.98. The van der Waals surface area contributed by atoms with E-state index in [-0.39, 0.29) is 0 Å². The summed E-state index contributed by atoms with van der Waals surface area (Å²) < 4.78 is 5.59. The van der Waals surface area contributed by atoms with Crippen LogP contribution in [0.25, 0.3) is 5.57 Å². The van der Waals surface area contributed by atoms with Gasteiger partial charge in [-0.3, -0.25) is 4.90 Å². The zero-order valence-electron chi connectivity index (χ0n) is 12.6. The van der Waals surface area contributed by atoms with Crippen molar-refractivity contribution in [3.8, 4) is 0 Å². The summed E-state index contributed by atoms with van der Waals surface area (Å²) in [6.45, 7) is 10.3. The molecule has 0 atom stereocenters. The molecule has 0 aromatic carbocycles. The highest BCUT2D eigenvalue weighted by atomic mass is 16.3. The molecule has 0 radical (unpaired) electrons. The minimum absolute atomic E-state index is 0.370. The molecule has 1 N–H and O–H groups in total. The highest BCUT2D eigenvalue weighted by molar-refractivity contribution is 5.66. The van der Waals surface area contributed by atoms with Crippen LogP contribution in [0.4, 0.5) is 0 Å². The molecular weight excluding hydrogens is 250 g/mol. The second kappa shape index (κ2) is 5.70. The minimum Gasteiger partial charge on any atom is -0.444 e. The predicted molar refractivity (Wildman–Crippen MR) is 80.4 cm³/mol. The van der Waals surface area contributed by atoms with E-state index in [9.17, 15) is 0 Å². The van der Waals surface area contributed by atoms with Gasteiger partial charge >= 0.3 is 0 Å². The van der Waals surface area contributed by atoms with Crippen molar-refractivity contribution in [2.75, 3.05) is 32.7 Å². The standard InChI is InChI=1S/C16H25N3O/c1-16(2)4-3-13(11-19-7-5-17-6-8-19)14(9-16)15-10-18-12-20-15/h10,12,17H,3-9,11H2,1-2H3. The molecule has 0 unspecified atom stereocenters. The van der Waals surface area contributed by atoms with Crippen molar-refractivity contribution in [1.82, 2.24) is 15.2 Å². The van der Waals surface area contributed by atoms with E-state index in [1.165, 1.54) is 18.4 Å². The molecule has 2 heterocycles. The van der Waals surface area contributed by atoms with E-state index in [4.69, 9.17) is 4.42 Å². The maximum absolute atomic E-state index is 5.59. The largest absolute Gasteiger partial charge is 0.444 e. The van der Waals surface area contributed by atoms with Crippen molar-refractivity contribution in [3.63, 3.8) is 0 Å². The first-order valence-electron chi connectivity index (χ1n) is 7.67. The fourth-order valence-corrected chi connectivity index (χ4v) is 3.27. The van der Waals surface area contributed by atoms with Crippen LogP contribution in [0.15, 0.2) is 22.6 Å². The topological polar surface area (TPSA) is 41.3 Å². The SMILES string of the molecule is CC1(C)CCC(CN2CCNCC2)=C(c2cnco2)C1. The molecule has 1 saturated heterocycles. The highest BCUT2D eigenvalue weighted by Gasteiger charge is 2.29. The summed E-state index contributed by atoms with van der Waals surface area (Å²) >= 11 is 0. The summed E-state index contributed by atoms with van der Waals surface area (Å²) in [7, 11) is 0. The molecule has 0 bridgehead atoms. The van der Waals surface area contributed by atoms with Gasteiger partial charge in [0.1, 0.15) is 5.76 Å². The Bertz CT molecular complexity index is 470. The third kappa shape index (κ3) is 3.13. The molecule has 0 amide bonds. The van der Waals surface area contributed by atoms with Crippen molar-refractivity contribution in [2.45, 2.75) is 33.1 Å². The van der Waals surface area contributed by atoms with Crippen LogP contribution in [0.3, 0.4) is 0 Å². The summed E-state index contributed by atoms with van der Waals surface area (Å²) in [5, 5.41) is 3.42. The molecule has 0 saturated carbocycles. The number of allylic oxidation sites excluding steroid dienone is 1. The second-order valence-electron chi connectivity index (χ2n) is 6.81. The monoisotopic (exact) mass is 275 g/mol. The van der Waals surface area contributed by atoms with Gasteiger partial charge in [-0.2, -0.15) is 0 Å². The van der Waals surface area contributed by atoms with Gasteiger partial charge in [-0.05, 0) is 35.8 Å². The Kier molecular flexibility index (Phi) is 3.94. The Hall–Kier alpha value is -1.13. The fourth-order valence-electron chi connectivity index (χ4n) is 3.27. The van der Waals surface area contributed by atoms with Crippen molar-refractivity contribution in [3.05, 3.63) is 23.9 Å². The quantitative estimate of drug-likeness (QED) is 0.920. The Balaban J connectivity index is 1.83. The smallest absolute Gasteiger partial charge is 0.181 e. The lowest BCUT2D eigenvalue weighted by atomic mass is 9.73. The molecule has 1 aliphatic carbocycles. The van der Waals surface area contributed by atoms with Crippen LogP contribution < -0.4 is 5.32 Å².